The van der Waals surface area contributed by atoms with Crippen LogP contribution in [0.5, 0.6) is 0 Å². The molecule has 2 nitrogen and oxygen atoms in total. The number of alkyl halides is 1. The van der Waals surface area contributed by atoms with Crippen LogP contribution < -0.4 is 0 Å². The topological polar surface area (TPSA) is 9.86 Å². The van der Waals surface area contributed by atoms with Gasteiger partial charge in [-0.2, -0.15) is 25.5 Å². The first-order valence-electron chi connectivity index (χ1n) is 9.84. The number of fused-ring (bicyclic) bond motifs is 2. The van der Waals surface area contributed by atoms with E-state index in [1.807, 2.05) is 18.0 Å². The van der Waals surface area contributed by atoms with Gasteiger partial charge in [0.15, 0.2) is 0 Å². The van der Waals surface area contributed by atoms with Crippen molar-refractivity contribution in [3.8, 4) is 0 Å². The number of benzene rings is 2. The molecule has 0 atom stereocenters. The SMILES string of the molecule is C.CI.Cc1ccc2ccn(C)c2c1.[CH-]=C.[CH-]=C.[CH2-]C.[CH2-]c1ccc2ccn(C)c2c1.[I][V]([I])[I].[Y].[Y]. The Morgan fingerprint density at radius 1 is 0.730 bits per heavy atom. The van der Waals surface area contributed by atoms with E-state index in [9.17, 15) is 0 Å². The number of nitrogens with zero attached hydrogens (tertiary/aromatic N) is 2. The second-order valence-corrected chi connectivity index (χ2v) is 41.4. The van der Waals surface area contributed by atoms with E-state index in [4.69, 9.17) is 0 Å². The van der Waals surface area contributed by atoms with Crippen LogP contribution in [-0.4, -0.2) is 14.1 Å². The van der Waals surface area contributed by atoms with Crippen LogP contribution in [0.15, 0.2) is 74.1 Å². The van der Waals surface area contributed by atoms with Crippen molar-refractivity contribution < 1.29 is 70.3 Å². The molecule has 2 aromatic heterocycles. The molecule has 0 N–H and O–H groups in total. The van der Waals surface area contributed by atoms with Crippen molar-refractivity contribution >= 4 is 104 Å². The maximum atomic E-state index is 4.25. The fraction of sp³-hybridized carbons (Fsp3) is 0.214. The number of halogens is 4. The zero-order chi connectivity index (χ0) is 27.3. The van der Waals surface area contributed by atoms with Gasteiger partial charge in [0.1, 0.15) is 0 Å². The van der Waals surface area contributed by atoms with Gasteiger partial charge >= 0.3 is 64.9 Å². The Hall–Kier alpha value is 2.58. The van der Waals surface area contributed by atoms with Crippen molar-refractivity contribution in [2.45, 2.75) is 21.3 Å². The smallest absolute Gasteiger partial charge is 0 e. The molecule has 37 heavy (non-hydrogen) atoms. The predicted molar refractivity (Wildman–Crippen MR) is 195 cm³/mol. The zero-order valence-corrected chi connectivity index (χ0v) is 37.5. The minimum Gasteiger partial charge on any atom is 0 e. The molecule has 0 aliphatic heterocycles. The minimum atomic E-state index is -0.278. The molecule has 4 rings (SSSR count). The Morgan fingerprint density at radius 2 is 1.05 bits per heavy atom. The molecule has 0 saturated carbocycles. The molecule has 9 heteroatoms. The van der Waals surface area contributed by atoms with E-state index in [0.717, 1.165) is 5.56 Å². The number of hydrogen-bond acceptors (Lipinski definition) is 0. The monoisotopic (exact) mass is 1140 g/mol. The third-order valence-electron chi connectivity index (χ3n) is 4.00. The van der Waals surface area contributed by atoms with E-state index in [-0.39, 0.29) is 77.8 Å². The second kappa shape index (κ2) is 34.8. The predicted octanol–water partition coefficient (Wildman–Crippen LogP) is 11.2. The van der Waals surface area contributed by atoms with Gasteiger partial charge in [0.25, 0.3) is 0 Å². The molecular formula is C28H39I4N2VY2-4. The Balaban J connectivity index is -0.0000000874. The Morgan fingerprint density at radius 3 is 1.43 bits per heavy atom. The van der Waals surface area contributed by atoms with Gasteiger partial charge in [0, 0.05) is 97.4 Å². The average Bonchev–Trinajstić information content (AvgIpc) is 3.41. The zero-order valence-electron chi connectivity index (χ0n) is 21.8. The molecule has 204 valence electrons. The summed E-state index contributed by atoms with van der Waals surface area (Å²) in [5, 5.41) is 2.60. The normalized spacial score (nSPS) is 7.86. The molecule has 2 aromatic carbocycles. The maximum Gasteiger partial charge on any atom is 0 e. The summed E-state index contributed by atoms with van der Waals surface area (Å²) < 4.78 is 4.24. The summed E-state index contributed by atoms with van der Waals surface area (Å²) in [6.07, 6.45) is 4.15. The van der Waals surface area contributed by atoms with Gasteiger partial charge < -0.3 is 29.2 Å². The molecule has 2 heterocycles. The van der Waals surface area contributed by atoms with Gasteiger partial charge in [-0.1, -0.05) is 42.2 Å². The average molecular weight is 1140 g/mol. The van der Waals surface area contributed by atoms with Gasteiger partial charge in [0.05, 0.1) is 0 Å². The minimum absolute atomic E-state index is 0. The molecular weight excluding hydrogens is 1100 g/mol. The summed E-state index contributed by atoms with van der Waals surface area (Å²) in [4.78, 5) is 1.69. The van der Waals surface area contributed by atoms with Gasteiger partial charge in [-0.3, -0.25) is 13.2 Å². The fourth-order valence-corrected chi connectivity index (χ4v) is 2.68. The van der Waals surface area contributed by atoms with E-state index in [1.165, 1.54) is 27.4 Å². The van der Waals surface area contributed by atoms with Crippen LogP contribution in [0.2, 0.25) is 0 Å². The van der Waals surface area contributed by atoms with Crippen molar-refractivity contribution in [3.05, 3.63) is 112 Å². The molecule has 0 fully saturated rings. The molecule has 2 radical (unpaired) electrons. The number of rotatable bonds is 0. The van der Waals surface area contributed by atoms with E-state index in [1.54, 1.807) is 6.92 Å². The van der Waals surface area contributed by atoms with Crippen LogP contribution in [0.3, 0.4) is 0 Å². The summed E-state index contributed by atoms with van der Waals surface area (Å²) in [7, 11) is 4.11. The Bertz CT molecular complexity index is 955. The van der Waals surface area contributed by atoms with Crippen molar-refractivity contribution in [1.29, 1.82) is 0 Å². The first-order chi connectivity index (χ1) is 16.3. The molecule has 0 aliphatic rings. The summed E-state index contributed by atoms with van der Waals surface area (Å²) in [6, 6.07) is 17.0. The molecule has 0 aliphatic carbocycles. The van der Waals surface area contributed by atoms with Crippen molar-refractivity contribution in [2.24, 2.45) is 14.1 Å². The Labute approximate surface area is 330 Å². The van der Waals surface area contributed by atoms with Gasteiger partial charge in [-0.05, 0) is 51.9 Å². The van der Waals surface area contributed by atoms with Crippen LogP contribution in [0.4, 0.5) is 0 Å². The van der Waals surface area contributed by atoms with Crippen LogP contribution >= 0.6 is 82.5 Å². The summed E-state index contributed by atoms with van der Waals surface area (Å²) in [5.74, 6) is 0. The standard InChI is InChI=1S/C10H11N.C10H10N.C2H5.2C2H3.CH3I.CH4.3HI.V.2Y/c2*1-8-3-4-9-5-6-11(2)10(9)7-8;4*1-2;;;;;;;/h3-7H,1-2H3;3-7H,1H2,2H3;1H2,2H3;2*1H,2H2;1H3;1H4;3*1H;;;/q;4*-1;;;;;;+3;;/p-3. The summed E-state index contributed by atoms with van der Waals surface area (Å²) in [6.45, 7) is 25.0. The van der Waals surface area contributed by atoms with Crippen LogP contribution in [0.25, 0.3) is 21.8 Å². The molecule has 0 spiro atoms. The molecule has 0 bridgehead atoms. The van der Waals surface area contributed by atoms with E-state index in [0.29, 0.717) is 0 Å². The number of hydrogen-bond donors (Lipinski definition) is 0. The molecule has 0 unspecified atom stereocenters. The van der Waals surface area contributed by atoms with Crippen LogP contribution in [0, 0.1) is 33.9 Å². The maximum absolute atomic E-state index is 4.25. The first-order valence-corrected chi connectivity index (χ1v) is 25.5. The van der Waals surface area contributed by atoms with E-state index in [2.05, 4.69) is 201 Å². The van der Waals surface area contributed by atoms with Gasteiger partial charge in [0.2, 0.25) is 0 Å². The molecule has 0 saturated heterocycles. The first kappa shape index (κ1) is 52.2. The molecule has 0 amide bonds. The van der Waals surface area contributed by atoms with E-state index >= 15 is 0 Å². The van der Waals surface area contributed by atoms with Gasteiger partial charge in [-0.15, -0.1) is 12.1 Å². The fourth-order valence-electron chi connectivity index (χ4n) is 2.68. The van der Waals surface area contributed by atoms with Crippen LogP contribution in [-0.2, 0) is 84.4 Å². The summed E-state index contributed by atoms with van der Waals surface area (Å²) in [5.41, 5.74) is 4.95. The van der Waals surface area contributed by atoms with Crippen LogP contribution in [0.1, 0.15) is 25.5 Å². The van der Waals surface area contributed by atoms with Crippen molar-refractivity contribution in [2.75, 3.05) is 4.93 Å². The van der Waals surface area contributed by atoms with Crippen molar-refractivity contribution in [1.82, 2.24) is 9.13 Å². The number of aryl methyl sites for hydroxylation is 3. The molecule has 4 aromatic rings. The third kappa shape index (κ3) is 23.8. The largest absolute Gasteiger partial charge is 0 e. The van der Waals surface area contributed by atoms with Gasteiger partial charge in [-0.25, -0.2) is 0 Å². The number of aromatic nitrogens is 2. The quantitative estimate of drug-likeness (QED) is 0.0944. The van der Waals surface area contributed by atoms with E-state index < -0.39 is 0 Å². The summed E-state index contributed by atoms with van der Waals surface area (Å²) >= 11 is 9.54. The van der Waals surface area contributed by atoms with Crippen molar-refractivity contribution in [3.63, 3.8) is 0 Å². The Kier molecular flexibility index (Phi) is 49.1. The second-order valence-electron chi connectivity index (χ2n) is 6.00. The third-order valence-corrected chi connectivity index (χ3v) is 4.00.